The van der Waals surface area contributed by atoms with Crippen molar-refractivity contribution in [1.82, 2.24) is 14.5 Å². The molecule has 1 fully saturated rings. The molecule has 0 bridgehead atoms. The fraction of sp³-hybridized carbons (Fsp3) is 0.381. The number of halogens is 3. The lowest BCUT2D eigenvalue weighted by Crippen LogP contribution is -2.53. The van der Waals surface area contributed by atoms with Crippen molar-refractivity contribution in [1.29, 1.82) is 0 Å². The normalized spacial score (nSPS) is 15.4. The molecule has 1 N–H and O–H groups in total. The summed E-state index contributed by atoms with van der Waals surface area (Å²) < 4.78 is 70.2. The summed E-state index contributed by atoms with van der Waals surface area (Å²) in [5, 5.41) is 2.78. The Bertz CT molecular complexity index is 991. The molecule has 0 aromatic heterocycles. The van der Waals surface area contributed by atoms with Gasteiger partial charge in [-0.3, -0.25) is 0 Å². The van der Waals surface area contributed by atoms with Gasteiger partial charge in [-0.1, -0.05) is 18.2 Å². The molecule has 0 unspecified atom stereocenters. The minimum atomic E-state index is -4.53. The number of nitrogens with one attached hydrogen (secondary N) is 1. The zero-order valence-electron chi connectivity index (χ0n) is 17.2. The molecule has 1 aliphatic rings. The van der Waals surface area contributed by atoms with Crippen LogP contribution >= 0.6 is 0 Å². The van der Waals surface area contributed by atoms with Gasteiger partial charge in [0.1, 0.15) is 5.75 Å². The van der Waals surface area contributed by atoms with Crippen LogP contribution in [0, 0.1) is 0 Å². The van der Waals surface area contributed by atoms with E-state index in [0.29, 0.717) is 19.6 Å². The number of carbonyl (C=O) groups excluding carboxylic acids is 1. The Hall–Kier alpha value is -2.79. The fourth-order valence-electron chi connectivity index (χ4n) is 3.18. The molecule has 174 valence electrons. The summed E-state index contributed by atoms with van der Waals surface area (Å²) in [7, 11) is -3.93. The average molecular weight is 472 g/mol. The number of rotatable bonds is 7. The minimum Gasteiger partial charge on any atom is -0.494 e. The Labute approximate surface area is 184 Å². The van der Waals surface area contributed by atoms with Crippen molar-refractivity contribution in [2.45, 2.75) is 17.5 Å². The first-order chi connectivity index (χ1) is 15.2. The number of benzene rings is 2. The number of ether oxygens (including phenoxy) is 1. The van der Waals surface area contributed by atoms with Crippen LogP contribution in [-0.2, 0) is 16.2 Å². The number of alkyl halides is 3. The topological polar surface area (TPSA) is 79.0 Å². The van der Waals surface area contributed by atoms with Gasteiger partial charge < -0.3 is 15.0 Å². The van der Waals surface area contributed by atoms with E-state index < -0.39 is 21.8 Å². The molecule has 7 nitrogen and oxygen atoms in total. The highest BCUT2D eigenvalue weighted by Gasteiger charge is 2.33. The summed E-state index contributed by atoms with van der Waals surface area (Å²) in [6.07, 6.45) is -3.92. The molecule has 0 saturated carbocycles. The minimum absolute atomic E-state index is 0.0634. The highest BCUT2D eigenvalue weighted by Crippen LogP contribution is 2.30. The van der Waals surface area contributed by atoms with Crippen LogP contribution in [0.25, 0.3) is 0 Å². The predicted octanol–water partition coefficient (Wildman–Crippen LogP) is 3.19. The van der Waals surface area contributed by atoms with E-state index in [1.807, 2.05) is 30.3 Å². The number of urea groups is 1. The number of hydrogen-bond acceptors (Lipinski definition) is 4. The van der Waals surface area contributed by atoms with Gasteiger partial charge in [-0.25, -0.2) is 13.2 Å². The van der Waals surface area contributed by atoms with E-state index in [1.165, 1.54) is 9.21 Å². The Kier molecular flexibility index (Phi) is 7.62. The molecule has 0 aliphatic carbocycles. The predicted molar refractivity (Wildman–Crippen MR) is 112 cm³/mol. The molecular weight excluding hydrogens is 447 g/mol. The number of sulfonamides is 1. The maximum Gasteiger partial charge on any atom is 0.416 e. The Morgan fingerprint density at radius 2 is 1.59 bits per heavy atom. The molecule has 1 saturated heterocycles. The van der Waals surface area contributed by atoms with Gasteiger partial charge in [-0.15, -0.1) is 0 Å². The van der Waals surface area contributed by atoms with Gasteiger partial charge in [0, 0.05) is 32.7 Å². The van der Waals surface area contributed by atoms with Crippen molar-refractivity contribution in [2.24, 2.45) is 0 Å². The summed E-state index contributed by atoms with van der Waals surface area (Å²) >= 11 is 0. The van der Waals surface area contributed by atoms with Crippen LogP contribution in [0.4, 0.5) is 18.0 Å². The molecule has 1 heterocycles. The Morgan fingerprint density at radius 1 is 0.969 bits per heavy atom. The first-order valence-electron chi connectivity index (χ1n) is 10.1. The molecular formula is C21H24F3N3O4S. The third-order valence-electron chi connectivity index (χ3n) is 4.95. The highest BCUT2D eigenvalue weighted by molar-refractivity contribution is 7.89. The molecule has 2 aromatic rings. The second kappa shape index (κ2) is 10.2. The van der Waals surface area contributed by atoms with Crippen LogP contribution in [-0.4, -0.2) is 63.0 Å². The first-order valence-corrected chi connectivity index (χ1v) is 11.5. The molecule has 0 radical (unpaired) electrons. The summed E-state index contributed by atoms with van der Waals surface area (Å²) in [6, 6.07) is 12.4. The molecule has 0 atom stereocenters. The van der Waals surface area contributed by atoms with Gasteiger partial charge in [0.15, 0.2) is 0 Å². The van der Waals surface area contributed by atoms with E-state index in [9.17, 15) is 26.4 Å². The Morgan fingerprint density at radius 3 is 2.19 bits per heavy atom. The third-order valence-corrected chi connectivity index (χ3v) is 6.87. The standard InChI is InChI=1S/C21H24F3N3O4S/c22-21(23,24)17-7-9-19(10-8-17)32(29,30)27-14-12-26(13-15-27)20(28)25-11-4-16-31-18-5-2-1-3-6-18/h1-3,5-10H,4,11-16H2,(H,25,28). The van der Waals surface area contributed by atoms with Crippen LogP contribution in [0.15, 0.2) is 59.5 Å². The summed E-state index contributed by atoms with van der Waals surface area (Å²) in [5.74, 6) is 0.754. The molecule has 2 aromatic carbocycles. The average Bonchev–Trinajstić information content (AvgIpc) is 2.79. The maximum atomic E-state index is 12.7. The first kappa shape index (κ1) is 23.9. The van der Waals surface area contributed by atoms with Crippen molar-refractivity contribution in [2.75, 3.05) is 39.3 Å². The number of nitrogens with zero attached hydrogens (tertiary/aromatic N) is 2. The van der Waals surface area contributed by atoms with Crippen molar-refractivity contribution in [3.05, 3.63) is 60.2 Å². The lowest BCUT2D eigenvalue weighted by atomic mass is 10.2. The number of carbonyl (C=O) groups is 1. The number of piperazine rings is 1. The molecule has 1 aliphatic heterocycles. The molecule has 3 rings (SSSR count). The van der Waals surface area contributed by atoms with Gasteiger partial charge >= 0.3 is 12.2 Å². The van der Waals surface area contributed by atoms with Crippen LogP contribution in [0.2, 0.25) is 0 Å². The van der Waals surface area contributed by atoms with E-state index in [4.69, 9.17) is 4.74 Å². The van der Waals surface area contributed by atoms with Crippen LogP contribution in [0.3, 0.4) is 0 Å². The van der Waals surface area contributed by atoms with Crippen molar-refractivity contribution in [3.63, 3.8) is 0 Å². The number of amides is 2. The summed E-state index contributed by atoms with van der Waals surface area (Å²) in [4.78, 5) is 13.6. The quantitative estimate of drug-likeness (QED) is 0.629. The lowest BCUT2D eigenvalue weighted by Gasteiger charge is -2.34. The number of hydrogen-bond donors (Lipinski definition) is 1. The molecule has 0 spiro atoms. The summed E-state index contributed by atoms with van der Waals surface area (Å²) in [5.41, 5.74) is -0.910. The monoisotopic (exact) mass is 471 g/mol. The van der Waals surface area contributed by atoms with Gasteiger partial charge in [-0.2, -0.15) is 17.5 Å². The second-order valence-corrected chi connectivity index (χ2v) is 9.10. The van der Waals surface area contributed by atoms with Gasteiger partial charge in [0.2, 0.25) is 10.0 Å². The van der Waals surface area contributed by atoms with E-state index in [2.05, 4.69) is 5.32 Å². The maximum absolute atomic E-state index is 12.7. The van der Waals surface area contributed by atoms with E-state index >= 15 is 0 Å². The van der Waals surface area contributed by atoms with Crippen molar-refractivity contribution >= 4 is 16.1 Å². The van der Waals surface area contributed by atoms with Crippen molar-refractivity contribution in [3.8, 4) is 5.75 Å². The van der Waals surface area contributed by atoms with Crippen LogP contribution < -0.4 is 10.1 Å². The van der Waals surface area contributed by atoms with Gasteiger partial charge in [0.25, 0.3) is 0 Å². The van der Waals surface area contributed by atoms with Gasteiger partial charge in [0.05, 0.1) is 17.1 Å². The lowest BCUT2D eigenvalue weighted by molar-refractivity contribution is -0.137. The van der Waals surface area contributed by atoms with Crippen LogP contribution in [0.1, 0.15) is 12.0 Å². The smallest absolute Gasteiger partial charge is 0.416 e. The van der Waals surface area contributed by atoms with E-state index in [1.54, 1.807) is 0 Å². The van der Waals surface area contributed by atoms with Crippen LogP contribution in [0.5, 0.6) is 5.75 Å². The molecule has 2 amide bonds. The van der Waals surface area contributed by atoms with E-state index in [0.717, 1.165) is 30.0 Å². The zero-order valence-corrected chi connectivity index (χ0v) is 18.0. The largest absolute Gasteiger partial charge is 0.494 e. The second-order valence-electron chi connectivity index (χ2n) is 7.16. The summed E-state index contributed by atoms with van der Waals surface area (Å²) in [6.45, 7) is 1.36. The van der Waals surface area contributed by atoms with E-state index in [-0.39, 0.29) is 37.1 Å². The fourth-order valence-corrected chi connectivity index (χ4v) is 4.60. The van der Waals surface area contributed by atoms with Crippen molar-refractivity contribution < 1.29 is 31.1 Å². The molecule has 32 heavy (non-hydrogen) atoms. The third kappa shape index (κ3) is 6.13. The highest BCUT2D eigenvalue weighted by atomic mass is 32.2. The van der Waals surface area contributed by atoms with Gasteiger partial charge in [-0.05, 0) is 42.8 Å². The SMILES string of the molecule is O=C(NCCCOc1ccccc1)N1CCN(S(=O)(=O)c2ccc(C(F)(F)F)cc2)CC1. The number of para-hydroxylation sites is 1. The molecule has 11 heteroatoms. The Balaban J connectivity index is 1.43. The zero-order chi connectivity index (χ0) is 23.2.